The maximum absolute atomic E-state index is 5.90. The molecular formula is C13H21BrN2O. The molecule has 96 valence electrons. The topological polar surface area (TPSA) is 27.1 Å². The number of hydrogen-bond acceptors (Lipinski definition) is 2. The predicted octanol–water partition coefficient (Wildman–Crippen LogP) is 3.53. The molecule has 0 unspecified atom stereocenters. The van der Waals surface area contributed by atoms with Gasteiger partial charge in [-0.3, -0.25) is 4.68 Å². The molecule has 0 amide bonds. The van der Waals surface area contributed by atoms with Gasteiger partial charge in [-0.2, -0.15) is 5.10 Å². The summed E-state index contributed by atoms with van der Waals surface area (Å²) in [5.41, 5.74) is 0.326. The highest BCUT2D eigenvalue weighted by molar-refractivity contribution is 9.09. The van der Waals surface area contributed by atoms with Crippen molar-refractivity contribution in [3.05, 3.63) is 12.4 Å². The molecule has 4 heteroatoms. The van der Waals surface area contributed by atoms with Crippen LogP contribution in [0.1, 0.15) is 38.5 Å². The Morgan fingerprint density at radius 2 is 2.06 bits per heavy atom. The zero-order valence-electron chi connectivity index (χ0n) is 10.5. The molecule has 0 radical (unpaired) electrons. The number of aromatic nitrogens is 2. The van der Waals surface area contributed by atoms with Crippen molar-refractivity contribution in [2.45, 2.75) is 38.5 Å². The molecule has 0 saturated heterocycles. The van der Waals surface area contributed by atoms with E-state index in [2.05, 4.69) is 21.0 Å². The van der Waals surface area contributed by atoms with Gasteiger partial charge in [-0.05, 0) is 12.8 Å². The number of aryl methyl sites for hydroxylation is 1. The van der Waals surface area contributed by atoms with E-state index in [4.69, 9.17) is 4.74 Å². The van der Waals surface area contributed by atoms with E-state index in [9.17, 15) is 0 Å². The van der Waals surface area contributed by atoms with E-state index in [-0.39, 0.29) is 0 Å². The van der Waals surface area contributed by atoms with Crippen molar-refractivity contribution in [2.75, 3.05) is 11.9 Å². The monoisotopic (exact) mass is 300 g/mol. The lowest BCUT2D eigenvalue weighted by Gasteiger charge is -2.30. The van der Waals surface area contributed by atoms with Crippen LogP contribution in [-0.4, -0.2) is 21.7 Å². The predicted molar refractivity (Wildman–Crippen MR) is 72.6 cm³/mol. The lowest BCUT2D eigenvalue weighted by molar-refractivity contribution is 0.149. The molecule has 1 fully saturated rings. The fourth-order valence-electron chi connectivity index (χ4n) is 2.50. The number of hydrogen-bond donors (Lipinski definition) is 0. The van der Waals surface area contributed by atoms with Gasteiger partial charge in [0.15, 0.2) is 5.75 Å². The van der Waals surface area contributed by atoms with Gasteiger partial charge in [0.1, 0.15) is 0 Å². The van der Waals surface area contributed by atoms with Crippen LogP contribution in [0.4, 0.5) is 0 Å². The van der Waals surface area contributed by atoms with E-state index in [0.717, 1.165) is 17.7 Å². The van der Waals surface area contributed by atoms with Gasteiger partial charge < -0.3 is 4.74 Å². The first kappa shape index (κ1) is 12.9. The fourth-order valence-corrected chi connectivity index (χ4v) is 3.23. The van der Waals surface area contributed by atoms with Crippen LogP contribution in [-0.2, 0) is 7.05 Å². The van der Waals surface area contributed by atoms with Crippen molar-refractivity contribution in [3.8, 4) is 5.75 Å². The first-order chi connectivity index (χ1) is 8.24. The molecule has 1 aliphatic carbocycles. The fraction of sp³-hybridized carbons (Fsp3) is 0.769. The Balaban J connectivity index is 1.93. The van der Waals surface area contributed by atoms with Crippen molar-refractivity contribution in [2.24, 2.45) is 12.5 Å². The molecule has 0 bridgehead atoms. The van der Waals surface area contributed by atoms with E-state index in [1.807, 2.05) is 13.2 Å². The highest BCUT2D eigenvalue weighted by atomic mass is 79.9. The van der Waals surface area contributed by atoms with E-state index in [1.165, 1.54) is 38.5 Å². The normalized spacial score (nSPS) is 19.9. The number of alkyl halides is 1. The minimum Gasteiger partial charge on any atom is -0.490 e. The third-order valence-corrected chi connectivity index (χ3v) is 4.86. The molecule has 1 saturated carbocycles. The van der Waals surface area contributed by atoms with Crippen molar-refractivity contribution in [1.82, 2.24) is 9.78 Å². The summed E-state index contributed by atoms with van der Waals surface area (Å²) in [6.07, 6.45) is 11.7. The Labute approximate surface area is 112 Å². The summed E-state index contributed by atoms with van der Waals surface area (Å²) in [7, 11) is 1.92. The second-order valence-electron chi connectivity index (χ2n) is 5.19. The van der Waals surface area contributed by atoms with Gasteiger partial charge in [0, 0.05) is 17.8 Å². The first-order valence-corrected chi connectivity index (χ1v) is 7.54. The van der Waals surface area contributed by atoms with E-state index in [1.54, 1.807) is 10.9 Å². The molecule has 1 aromatic rings. The molecular weight excluding hydrogens is 280 g/mol. The van der Waals surface area contributed by atoms with E-state index in [0.29, 0.717) is 5.41 Å². The second-order valence-corrected chi connectivity index (χ2v) is 5.75. The van der Waals surface area contributed by atoms with Gasteiger partial charge in [0.05, 0.1) is 19.0 Å². The standard InChI is InChI=1S/C13H21BrN2O/c1-16-9-12(8-15-16)17-11-13(10-14)6-4-2-3-5-7-13/h8-9H,2-7,10-11H2,1H3. The number of halogens is 1. The van der Waals surface area contributed by atoms with Crippen LogP contribution in [0.3, 0.4) is 0 Å². The number of ether oxygens (including phenoxy) is 1. The summed E-state index contributed by atoms with van der Waals surface area (Å²) < 4.78 is 7.68. The van der Waals surface area contributed by atoms with Crippen molar-refractivity contribution < 1.29 is 4.74 Å². The summed E-state index contributed by atoms with van der Waals surface area (Å²) in [5.74, 6) is 0.886. The number of nitrogens with zero attached hydrogens (tertiary/aromatic N) is 2. The lowest BCUT2D eigenvalue weighted by atomic mass is 9.83. The Hall–Kier alpha value is -0.510. The minimum absolute atomic E-state index is 0.326. The Kier molecular flexibility index (Phi) is 4.48. The third kappa shape index (κ3) is 3.47. The van der Waals surface area contributed by atoms with Crippen LogP contribution in [0.25, 0.3) is 0 Å². The highest BCUT2D eigenvalue weighted by Crippen LogP contribution is 2.37. The Bertz CT molecular complexity index is 343. The first-order valence-electron chi connectivity index (χ1n) is 6.42. The quantitative estimate of drug-likeness (QED) is 0.628. The molecule has 17 heavy (non-hydrogen) atoms. The van der Waals surface area contributed by atoms with Gasteiger partial charge in [-0.15, -0.1) is 0 Å². The summed E-state index contributed by atoms with van der Waals surface area (Å²) >= 11 is 3.68. The minimum atomic E-state index is 0.326. The Morgan fingerprint density at radius 1 is 1.35 bits per heavy atom. The summed E-state index contributed by atoms with van der Waals surface area (Å²) in [4.78, 5) is 0. The molecule has 0 spiro atoms. The molecule has 1 heterocycles. The molecule has 2 rings (SSSR count). The van der Waals surface area contributed by atoms with Crippen molar-refractivity contribution in [3.63, 3.8) is 0 Å². The molecule has 0 atom stereocenters. The zero-order valence-corrected chi connectivity index (χ0v) is 12.1. The molecule has 3 nitrogen and oxygen atoms in total. The molecule has 1 aliphatic rings. The van der Waals surface area contributed by atoms with Crippen LogP contribution in [0.2, 0.25) is 0 Å². The Morgan fingerprint density at radius 3 is 2.59 bits per heavy atom. The zero-order chi connectivity index (χ0) is 12.1. The maximum atomic E-state index is 5.90. The van der Waals surface area contributed by atoms with Crippen LogP contribution in [0.5, 0.6) is 5.75 Å². The second kappa shape index (κ2) is 5.89. The van der Waals surface area contributed by atoms with Gasteiger partial charge in [0.25, 0.3) is 0 Å². The van der Waals surface area contributed by atoms with Gasteiger partial charge in [-0.1, -0.05) is 41.6 Å². The van der Waals surface area contributed by atoms with E-state index >= 15 is 0 Å². The molecule has 0 aliphatic heterocycles. The van der Waals surface area contributed by atoms with Crippen LogP contribution in [0, 0.1) is 5.41 Å². The number of rotatable bonds is 4. The van der Waals surface area contributed by atoms with Gasteiger partial charge >= 0.3 is 0 Å². The van der Waals surface area contributed by atoms with Crippen molar-refractivity contribution >= 4 is 15.9 Å². The molecule has 0 N–H and O–H groups in total. The van der Waals surface area contributed by atoms with Gasteiger partial charge in [0.2, 0.25) is 0 Å². The largest absolute Gasteiger partial charge is 0.490 e. The third-order valence-electron chi connectivity index (χ3n) is 3.67. The maximum Gasteiger partial charge on any atom is 0.157 e. The van der Waals surface area contributed by atoms with Crippen molar-refractivity contribution in [1.29, 1.82) is 0 Å². The summed E-state index contributed by atoms with van der Waals surface area (Å²) in [6, 6.07) is 0. The van der Waals surface area contributed by atoms with Crippen LogP contribution < -0.4 is 4.74 Å². The van der Waals surface area contributed by atoms with Crippen LogP contribution in [0.15, 0.2) is 12.4 Å². The smallest absolute Gasteiger partial charge is 0.157 e. The highest BCUT2D eigenvalue weighted by Gasteiger charge is 2.30. The summed E-state index contributed by atoms with van der Waals surface area (Å²) in [5, 5.41) is 5.17. The summed E-state index contributed by atoms with van der Waals surface area (Å²) in [6.45, 7) is 0.809. The average Bonchev–Trinajstić information content (AvgIpc) is 2.63. The van der Waals surface area contributed by atoms with E-state index < -0.39 is 0 Å². The molecule has 0 aromatic carbocycles. The van der Waals surface area contributed by atoms with Gasteiger partial charge in [-0.25, -0.2) is 0 Å². The van der Waals surface area contributed by atoms with Crippen LogP contribution >= 0.6 is 15.9 Å². The lowest BCUT2D eigenvalue weighted by Crippen LogP contribution is -2.29. The SMILES string of the molecule is Cn1cc(OCC2(CBr)CCCCCC2)cn1. The molecule has 1 aromatic heterocycles. The average molecular weight is 301 g/mol.